The summed E-state index contributed by atoms with van der Waals surface area (Å²) in [5.74, 6) is 0. The molecule has 0 amide bonds. The molecule has 1 unspecified atom stereocenters. The number of nitrogens with zero attached hydrogens (tertiary/aromatic N) is 4. The number of aromatic nitrogens is 1. The van der Waals surface area contributed by atoms with Crippen LogP contribution in [0.1, 0.15) is 12.5 Å². The molecule has 0 spiro atoms. The minimum atomic E-state index is -0.386. The molecule has 3 aromatic rings. The largest absolute Gasteiger partial charge is 0.226 e. The van der Waals surface area contributed by atoms with Crippen LogP contribution in [0.3, 0.4) is 0 Å². The Balaban J connectivity index is 0.00000182. The van der Waals surface area contributed by atoms with Gasteiger partial charge in [-0.25, -0.2) is 4.98 Å². The summed E-state index contributed by atoms with van der Waals surface area (Å²) in [4.78, 5) is 4.50. The topological polar surface area (TPSA) is 34.6 Å². The van der Waals surface area contributed by atoms with Crippen molar-refractivity contribution < 1.29 is 0 Å². The third-order valence-corrected chi connectivity index (χ3v) is 5.11. The first-order valence-electron chi connectivity index (χ1n) is 7.82. The van der Waals surface area contributed by atoms with Crippen molar-refractivity contribution >= 4 is 39.1 Å². The Bertz CT molecular complexity index is 799. The van der Waals surface area contributed by atoms with E-state index in [-0.39, 0.29) is 22.6 Å². The van der Waals surface area contributed by atoms with Gasteiger partial charge in [-0.05, 0) is 24.6 Å². The molecule has 2 heterocycles. The maximum absolute atomic E-state index is 4.50. The first-order chi connectivity index (χ1) is 11.7. The van der Waals surface area contributed by atoms with Crippen molar-refractivity contribution in [2.24, 2.45) is 0 Å². The molecule has 0 radical (unpaired) electrons. The number of hydrogen-bond donors (Lipinski definition) is 1. The van der Waals surface area contributed by atoms with Gasteiger partial charge in [-0.15, -0.1) is 28.3 Å². The molecule has 0 aliphatic carbocycles. The smallest absolute Gasteiger partial charge is 0.221 e. The van der Waals surface area contributed by atoms with E-state index in [0.29, 0.717) is 0 Å². The Morgan fingerprint density at radius 2 is 1.64 bits per heavy atom. The van der Waals surface area contributed by atoms with Crippen molar-refractivity contribution in [1.29, 1.82) is 0 Å². The third-order valence-electron chi connectivity index (χ3n) is 4.37. The van der Waals surface area contributed by atoms with Crippen molar-refractivity contribution in [2.45, 2.75) is 12.6 Å². The van der Waals surface area contributed by atoms with E-state index in [0.717, 1.165) is 10.8 Å². The Morgan fingerprint density at radius 3 is 2.24 bits per heavy atom. The van der Waals surface area contributed by atoms with Crippen LogP contribution in [0.15, 0.2) is 72.2 Å². The van der Waals surface area contributed by atoms with Crippen LogP contribution >= 0.6 is 28.3 Å². The molecule has 1 N–H and O–H groups in total. The van der Waals surface area contributed by atoms with Crippen LogP contribution in [0.5, 0.6) is 0 Å². The fourth-order valence-electron chi connectivity index (χ4n) is 2.94. The van der Waals surface area contributed by atoms with E-state index in [1.165, 1.54) is 5.56 Å². The van der Waals surface area contributed by atoms with Gasteiger partial charge in [0.05, 0.1) is 5.69 Å². The summed E-state index contributed by atoms with van der Waals surface area (Å²) in [7, 11) is 2.07. The monoisotopic (exact) mass is 417 g/mol. The Morgan fingerprint density at radius 1 is 1.00 bits per heavy atom. The van der Waals surface area contributed by atoms with Gasteiger partial charge < -0.3 is 0 Å². The minimum Gasteiger partial charge on any atom is -0.226 e. The van der Waals surface area contributed by atoms with Crippen molar-refractivity contribution in [3.8, 4) is 0 Å². The standard InChI is InChI=1S/C18H19N5S.BrH/c1-18(15-9-5-3-6-10-15)20-22(16-11-7-4-8-12-16)23(21(18)2)17-19-13-14-24-17;/h3-14,20H,1-2H3;1H. The molecule has 1 aliphatic heterocycles. The molecule has 25 heavy (non-hydrogen) atoms. The first kappa shape index (κ1) is 17.9. The first-order valence-corrected chi connectivity index (χ1v) is 8.70. The fourth-order valence-corrected chi connectivity index (χ4v) is 3.60. The predicted molar refractivity (Wildman–Crippen MR) is 109 cm³/mol. The zero-order valence-corrected chi connectivity index (χ0v) is 16.6. The van der Waals surface area contributed by atoms with E-state index >= 15 is 0 Å². The average Bonchev–Trinajstić information content (AvgIpc) is 3.24. The van der Waals surface area contributed by atoms with Gasteiger partial charge in [0.2, 0.25) is 5.13 Å². The Kier molecular flexibility index (Phi) is 5.10. The molecule has 7 heteroatoms. The second-order valence-electron chi connectivity index (χ2n) is 5.83. The van der Waals surface area contributed by atoms with Crippen molar-refractivity contribution in [2.75, 3.05) is 17.3 Å². The van der Waals surface area contributed by atoms with E-state index < -0.39 is 0 Å². The van der Waals surface area contributed by atoms with Crippen LogP contribution in [0.2, 0.25) is 0 Å². The van der Waals surface area contributed by atoms with E-state index in [4.69, 9.17) is 0 Å². The number of hydrogen-bond acceptors (Lipinski definition) is 6. The molecule has 1 atom stereocenters. The van der Waals surface area contributed by atoms with Gasteiger partial charge >= 0.3 is 0 Å². The molecular formula is C18H20BrN5S. The number of benzene rings is 2. The van der Waals surface area contributed by atoms with E-state index in [1.807, 2.05) is 41.0 Å². The zero-order valence-electron chi connectivity index (χ0n) is 14.0. The number of rotatable bonds is 3. The molecule has 2 aromatic carbocycles. The SMILES string of the molecule is Br.CN1N(c2nccs2)N(c2ccccc2)NC1(C)c1ccccc1. The van der Waals surface area contributed by atoms with Crippen LogP contribution in [-0.4, -0.2) is 17.0 Å². The van der Waals surface area contributed by atoms with Crippen LogP contribution in [0, 0.1) is 0 Å². The third kappa shape index (κ3) is 3.04. The van der Waals surface area contributed by atoms with Gasteiger partial charge in [0.15, 0.2) is 0 Å². The maximum atomic E-state index is 4.50. The molecular weight excluding hydrogens is 398 g/mol. The molecule has 1 aromatic heterocycles. The Hall–Kier alpha value is -1.93. The van der Waals surface area contributed by atoms with Crippen LogP contribution < -0.4 is 15.7 Å². The lowest BCUT2D eigenvalue weighted by molar-refractivity contribution is 0.161. The number of thiazole rings is 1. The number of hydrazine groups is 3. The van der Waals surface area contributed by atoms with Crippen molar-refractivity contribution in [3.05, 3.63) is 77.8 Å². The second kappa shape index (κ2) is 7.13. The van der Waals surface area contributed by atoms with Crippen LogP contribution in [0.25, 0.3) is 0 Å². The quantitative estimate of drug-likeness (QED) is 0.690. The van der Waals surface area contributed by atoms with Gasteiger partial charge in [0.25, 0.3) is 0 Å². The highest BCUT2D eigenvalue weighted by molar-refractivity contribution is 8.93. The van der Waals surface area contributed by atoms with Gasteiger partial charge in [-0.1, -0.05) is 48.5 Å². The summed E-state index contributed by atoms with van der Waals surface area (Å²) in [5, 5.41) is 9.20. The molecule has 4 rings (SSSR count). The average molecular weight is 418 g/mol. The number of anilines is 2. The molecule has 0 saturated carbocycles. The maximum Gasteiger partial charge on any atom is 0.221 e. The van der Waals surface area contributed by atoms with Crippen LogP contribution in [-0.2, 0) is 5.66 Å². The fraction of sp³-hybridized carbons (Fsp3) is 0.167. The number of nitrogens with one attached hydrogen (secondary N) is 1. The summed E-state index contributed by atoms with van der Waals surface area (Å²) in [6, 6.07) is 20.7. The van der Waals surface area contributed by atoms with E-state index in [9.17, 15) is 0 Å². The van der Waals surface area contributed by atoms with Gasteiger partial charge in [0.1, 0.15) is 5.66 Å². The van der Waals surface area contributed by atoms with E-state index in [1.54, 1.807) is 11.3 Å². The van der Waals surface area contributed by atoms with Crippen molar-refractivity contribution in [1.82, 2.24) is 15.4 Å². The van der Waals surface area contributed by atoms with Gasteiger partial charge in [-0.3, -0.25) is 0 Å². The lowest BCUT2D eigenvalue weighted by Crippen LogP contribution is -2.47. The normalized spacial score (nSPS) is 20.6. The highest BCUT2D eigenvalue weighted by Gasteiger charge is 2.46. The Labute approximate surface area is 162 Å². The predicted octanol–water partition coefficient (Wildman–Crippen LogP) is 4.19. The lowest BCUT2D eigenvalue weighted by atomic mass is 10.0. The summed E-state index contributed by atoms with van der Waals surface area (Å²) in [6.07, 6.45) is 1.83. The molecule has 5 nitrogen and oxygen atoms in total. The molecule has 1 saturated heterocycles. The summed E-state index contributed by atoms with van der Waals surface area (Å²) >= 11 is 1.61. The molecule has 1 aliphatic rings. The summed E-state index contributed by atoms with van der Waals surface area (Å²) in [5.41, 5.74) is 5.50. The zero-order chi connectivity index (χ0) is 16.6. The molecule has 0 bridgehead atoms. The number of halogens is 1. The summed E-state index contributed by atoms with van der Waals surface area (Å²) < 4.78 is 0. The van der Waals surface area contributed by atoms with E-state index in [2.05, 4.69) is 70.9 Å². The minimum absolute atomic E-state index is 0. The molecule has 1 fully saturated rings. The highest BCUT2D eigenvalue weighted by atomic mass is 79.9. The number of para-hydroxylation sites is 1. The van der Waals surface area contributed by atoms with Crippen LogP contribution in [0.4, 0.5) is 10.8 Å². The molecule has 130 valence electrons. The lowest BCUT2D eigenvalue weighted by Gasteiger charge is -2.33. The van der Waals surface area contributed by atoms with Crippen molar-refractivity contribution in [3.63, 3.8) is 0 Å². The highest BCUT2D eigenvalue weighted by Crippen LogP contribution is 2.37. The second-order valence-corrected chi connectivity index (χ2v) is 6.70. The van der Waals surface area contributed by atoms with Gasteiger partial charge in [0, 0.05) is 18.6 Å². The van der Waals surface area contributed by atoms with Gasteiger partial charge in [-0.2, -0.15) is 20.7 Å². The summed E-state index contributed by atoms with van der Waals surface area (Å²) in [6.45, 7) is 2.17.